The van der Waals surface area contributed by atoms with Crippen molar-refractivity contribution in [2.24, 2.45) is 5.73 Å². The number of piperidine rings is 1. The Morgan fingerprint density at radius 1 is 1.16 bits per heavy atom. The van der Waals surface area contributed by atoms with E-state index in [0.717, 1.165) is 12.1 Å². The number of aromatic nitrogens is 2. The van der Waals surface area contributed by atoms with Crippen LogP contribution in [0.1, 0.15) is 16.9 Å². The van der Waals surface area contributed by atoms with Crippen molar-refractivity contribution in [3.05, 3.63) is 66.1 Å². The Bertz CT molecular complexity index is 1130. The SMILES string of the molecule is Nc1ccc(-c2c(F)cccc2F)nc1C(=O)Nc1cnccc1N1CC(N)CC(O)C1. The number of benzene rings is 1. The highest BCUT2D eigenvalue weighted by Gasteiger charge is 2.26. The van der Waals surface area contributed by atoms with Crippen molar-refractivity contribution in [1.29, 1.82) is 0 Å². The maximum atomic E-state index is 14.2. The molecule has 0 saturated carbocycles. The van der Waals surface area contributed by atoms with Crippen LogP contribution < -0.4 is 21.7 Å². The second-order valence-electron chi connectivity index (χ2n) is 7.63. The van der Waals surface area contributed by atoms with E-state index < -0.39 is 23.6 Å². The maximum absolute atomic E-state index is 14.2. The number of aliphatic hydroxyl groups excluding tert-OH is 1. The van der Waals surface area contributed by atoms with Gasteiger partial charge in [-0.05, 0) is 36.8 Å². The molecule has 0 radical (unpaired) electrons. The lowest BCUT2D eigenvalue weighted by atomic mass is 10.0. The molecule has 8 nitrogen and oxygen atoms in total. The third-order valence-electron chi connectivity index (χ3n) is 5.21. The molecule has 1 aliphatic heterocycles. The number of aliphatic hydroxyl groups is 1. The van der Waals surface area contributed by atoms with Crippen LogP contribution in [0.2, 0.25) is 0 Å². The molecule has 2 aromatic heterocycles. The summed E-state index contributed by atoms with van der Waals surface area (Å²) >= 11 is 0. The Labute approximate surface area is 182 Å². The molecule has 6 N–H and O–H groups in total. The minimum absolute atomic E-state index is 0.0452. The van der Waals surface area contributed by atoms with Crippen LogP contribution in [0.3, 0.4) is 0 Å². The number of anilines is 3. The molecule has 1 fully saturated rings. The Balaban J connectivity index is 1.65. The minimum atomic E-state index is -0.803. The minimum Gasteiger partial charge on any atom is -0.397 e. The number of nitrogen functional groups attached to an aromatic ring is 1. The third-order valence-corrected chi connectivity index (χ3v) is 5.21. The fraction of sp³-hybridized carbons (Fsp3) is 0.227. The number of carbonyl (C=O) groups is 1. The van der Waals surface area contributed by atoms with Crippen LogP contribution in [0, 0.1) is 11.6 Å². The van der Waals surface area contributed by atoms with Gasteiger partial charge in [-0.2, -0.15) is 0 Å². The molecule has 1 aliphatic rings. The van der Waals surface area contributed by atoms with Gasteiger partial charge in [0.1, 0.15) is 11.6 Å². The van der Waals surface area contributed by atoms with Crippen LogP contribution in [0.15, 0.2) is 48.8 Å². The van der Waals surface area contributed by atoms with Gasteiger partial charge in [-0.25, -0.2) is 13.8 Å². The molecule has 2 unspecified atom stereocenters. The van der Waals surface area contributed by atoms with Gasteiger partial charge in [-0.15, -0.1) is 0 Å². The zero-order valence-electron chi connectivity index (χ0n) is 17.0. The van der Waals surface area contributed by atoms with E-state index in [-0.39, 0.29) is 28.7 Å². The molecule has 0 aliphatic carbocycles. The fourth-order valence-electron chi connectivity index (χ4n) is 3.78. The number of nitrogens with two attached hydrogens (primary N) is 2. The highest BCUT2D eigenvalue weighted by molar-refractivity contribution is 6.07. The number of β-amino-alcohol motifs (C(OH)–C–C–N with tert-alkyl or cyclic N) is 1. The summed E-state index contributed by atoms with van der Waals surface area (Å²) in [6.07, 6.45) is 2.91. The van der Waals surface area contributed by atoms with Crippen LogP contribution in [-0.2, 0) is 0 Å². The Morgan fingerprint density at radius 3 is 2.62 bits per heavy atom. The lowest BCUT2D eigenvalue weighted by Crippen LogP contribution is -2.49. The zero-order valence-corrected chi connectivity index (χ0v) is 17.0. The van der Waals surface area contributed by atoms with E-state index in [0.29, 0.717) is 30.9 Å². The second-order valence-corrected chi connectivity index (χ2v) is 7.63. The van der Waals surface area contributed by atoms with Crippen molar-refractivity contribution in [3.63, 3.8) is 0 Å². The molecule has 166 valence electrons. The van der Waals surface area contributed by atoms with Crippen molar-refractivity contribution in [2.75, 3.05) is 29.0 Å². The van der Waals surface area contributed by atoms with E-state index in [1.54, 1.807) is 12.3 Å². The smallest absolute Gasteiger partial charge is 0.276 e. The summed E-state index contributed by atoms with van der Waals surface area (Å²) in [6.45, 7) is 0.843. The third kappa shape index (κ3) is 4.36. The van der Waals surface area contributed by atoms with E-state index in [4.69, 9.17) is 11.5 Å². The normalized spacial score (nSPS) is 18.4. The van der Waals surface area contributed by atoms with E-state index in [9.17, 15) is 18.7 Å². The number of hydrogen-bond donors (Lipinski definition) is 4. The van der Waals surface area contributed by atoms with Gasteiger partial charge >= 0.3 is 0 Å². The molecular formula is C22H22F2N6O2. The largest absolute Gasteiger partial charge is 0.397 e. The number of halogens is 2. The molecule has 3 aromatic rings. The monoisotopic (exact) mass is 440 g/mol. The molecule has 0 bridgehead atoms. The first-order valence-electron chi connectivity index (χ1n) is 9.98. The van der Waals surface area contributed by atoms with Gasteiger partial charge in [-0.1, -0.05) is 6.07 Å². The number of amides is 1. The molecular weight excluding hydrogens is 418 g/mol. The summed E-state index contributed by atoms with van der Waals surface area (Å²) in [4.78, 5) is 23.0. The first-order valence-corrected chi connectivity index (χ1v) is 9.98. The van der Waals surface area contributed by atoms with Crippen molar-refractivity contribution in [3.8, 4) is 11.3 Å². The predicted molar refractivity (Wildman–Crippen MR) is 117 cm³/mol. The van der Waals surface area contributed by atoms with Crippen LogP contribution in [0.25, 0.3) is 11.3 Å². The van der Waals surface area contributed by atoms with Gasteiger partial charge in [0.2, 0.25) is 0 Å². The highest BCUT2D eigenvalue weighted by atomic mass is 19.1. The summed E-state index contributed by atoms with van der Waals surface area (Å²) < 4.78 is 28.4. The first kappa shape index (κ1) is 21.6. The van der Waals surface area contributed by atoms with E-state index in [1.165, 1.54) is 24.4 Å². The summed E-state index contributed by atoms with van der Waals surface area (Å²) in [6, 6.07) is 7.65. The van der Waals surface area contributed by atoms with Gasteiger partial charge in [0.05, 0.1) is 40.6 Å². The molecule has 1 amide bonds. The van der Waals surface area contributed by atoms with Crippen molar-refractivity contribution in [2.45, 2.75) is 18.6 Å². The fourth-order valence-corrected chi connectivity index (χ4v) is 3.78. The van der Waals surface area contributed by atoms with E-state index >= 15 is 0 Å². The predicted octanol–water partition coefficient (Wildman–Crippen LogP) is 2.15. The molecule has 10 heteroatoms. The lowest BCUT2D eigenvalue weighted by molar-refractivity contribution is 0.102. The maximum Gasteiger partial charge on any atom is 0.276 e. The highest BCUT2D eigenvalue weighted by Crippen LogP contribution is 2.29. The number of pyridine rings is 2. The molecule has 4 rings (SSSR count). The van der Waals surface area contributed by atoms with E-state index in [2.05, 4.69) is 15.3 Å². The summed E-state index contributed by atoms with van der Waals surface area (Å²) in [5.74, 6) is -2.27. The van der Waals surface area contributed by atoms with Crippen molar-refractivity contribution in [1.82, 2.24) is 9.97 Å². The molecule has 1 saturated heterocycles. The number of hydrogen-bond acceptors (Lipinski definition) is 7. The van der Waals surface area contributed by atoms with Crippen LogP contribution in [-0.4, -0.2) is 46.2 Å². The van der Waals surface area contributed by atoms with Crippen LogP contribution in [0.4, 0.5) is 25.8 Å². The van der Waals surface area contributed by atoms with Gasteiger partial charge in [0, 0.05) is 25.3 Å². The quantitative estimate of drug-likeness (QED) is 0.489. The topological polar surface area (TPSA) is 130 Å². The number of rotatable bonds is 4. The van der Waals surface area contributed by atoms with Crippen molar-refractivity contribution < 1.29 is 18.7 Å². The number of nitrogens with one attached hydrogen (secondary N) is 1. The summed E-state index contributed by atoms with van der Waals surface area (Å²) in [5, 5.41) is 12.8. The van der Waals surface area contributed by atoms with Crippen molar-refractivity contribution >= 4 is 23.0 Å². The van der Waals surface area contributed by atoms with Gasteiger partial charge < -0.3 is 26.8 Å². The van der Waals surface area contributed by atoms with Gasteiger partial charge in [0.15, 0.2) is 5.69 Å². The summed E-state index contributed by atoms with van der Waals surface area (Å²) in [7, 11) is 0. The Hall–Kier alpha value is -3.63. The number of nitrogens with zero attached hydrogens (tertiary/aromatic N) is 3. The second kappa shape index (κ2) is 8.85. The first-order chi connectivity index (χ1) is 15.3. The van der Waals surface area contributed by atoms with Gasteiger partial charge in [0.25, 0.3) is 5.91 Å². The average molecular weight is 440 g/mol. The lowest BCUT2D eigenvalue weighted by Gasteiger charge is -2.36. The standard InChI is InChI=1S/C22H22F2N6O2/c23-14-2-1-3-15(24)20(14)17-5-4-16(26)21(28-17)22(32)29-18-9-27-7-6-19(18)30-10-12(25)8-13(31)11-30/h1-7,9,12-13,31H,8,10-11,25-26H2,(H,29,32). The van der Waals surface area contributed by atoms with Gasteiger partial charge in [-0.3, -0.25) is 9.78 Å². The Morgan fingerprint density at radius 2 is 1.91 bits per heavy atom. The molecule has 0 spiro atoms. The molecule has 2 atom stereocenters. The zero-order chi connectivity index (χ0) is 22.8. The molecule has 32 heavy (non-hydrogen) atoms. The number of carbonyl (C=O) groups excluding carboxylic acids is 1. The van der Waals surface area contributed by atoms with Crippen LogP contribution >= 0.6 is 0 Å². The average Bonchev–Trinajstić information content (AvgIpc) is 2.74. The molecule has 3 heterocycles. The molecule has 1 aromatic carbocycles. The summed E-state index contributed by atoms with van der Waals surface area (Å²) in [5.41, 5.74) is 12.4. The van der Waals surface area contributed by atoms with Crippen LogP contribution in [0.5, 0.6) is 0 Å². The van der Waals surface area contributed by atoms with E-state index in [1.807, 2.05) is 4.90 Å². The Kier molecular flexibility index (Phi) is 5.97.